The first kappa shape index (κ1) is 32.1. The van der Waals surface area contributed by atoms with Crippen LogP contribution >= 0.6 is 0 Å². The Hall–Kier alpha value is -4.85. The number of nitrogens with zero attached hydrogens (tertiary/aromatic N) is 2. The predicted molar refractivity (Wildman–Crippen MR) is 167 cm³/mol. The number of aryl methyl sites for hydroxylation is 2. The van der Waals surface area contributed by atoms with Gasteiger partial charge in [-0.15, -0.1) is 0 Å². The van der Waals surface area contributed by atoms with Gasteiger partial charge in [0.05, 0.1) is 25.7 Å². The van der Waals surface area contributed by atoms with Crippen molar-refractivity contribution in [1.29, 1.82) is 5.26 Å². The predicted octanol–water partition coefficient (Wildman–Crippen LogP) is 5.57. The maximum atomic E-state index is 13.7. The summed E-state index contributed by atoms with van der Waals surface area (Å²) in [6.45, 7) is 4.25. The van der Waals surface area contributed by atoms with Crippen LogP contribution < -0.4 is 14.8 Å². The Bertz CT molecular complexity index is 1770. The van der Waals surface area contributed by atoms with Crippen LogP contribution in [-0.4, -0.2) is 39.4 Å². The van der Waals surface area contributed by atoms with E-state index >= 15 is 0 Å². The zero-order valence-electron chi connectivity index (χ0n) is 25.2. The molecule has 9 nitrogen and oxygen atoms in total. The van der Waals surface area contributed by atoms with Gasteiger partial charge in [-0.2, -0.15) is 9.57 Å². The lowest BCUT2D eigenvalue weighted by Gasteiger charge is -2.21. The van der Waals surface area contributed by atoms with Gasteiger partial charge in [0.1, 0.15) is 23.2 Å². The molecule has 0 fully saturated rings. The third-order valence-corrected chi connectivity index (χ3v) is 8.76. The summed E-state index contributed by atoms with van der Waals surface area (Å²) in [5, 5.41) is 12.4. The van der Waals surface area contributed by atoms with Crippen LogP contribution in [-0.2, 0) is 34.3 Å². The quantitative estimate of drug-likeness (QED) is 0.155. The summed E-state index contributed by atoms with van der Waals surface area (Å²) in [5.74, 6) is 1.28. The Morgan fingerprint density at radius 2 is 1.52 bits per heavy atom. The Labute approximate surface area is 258 Å². The Balaban J connectivity index is 1.47. The number of ether oxygens (including phenoxy) is 2. The van der Waals surface area contributed by atoms with Crippen molar-refractivity contribution in [3.63, 3.8) is 0 Å². The number of carbonyl (C=O) groups excluding carboxylic acids is 1. The van der Waals surface area contributed by atoms with Crippen molar-refractivity contribution >= 4 is 22.0 Å². The molecule has 1 heterocycles. The summed E-state index contributed by atoms with van der Waals surface area (Å²) in [7, 11) is -0.758. The second-order valence-electron chi connectivity index (χ2n) is 10.2. The summed E-state index contributed by atoms with van der Waals surface area (Å²) in [6.07, 6.45) is 1.86. The number of methoxy groups -OCH3 is 2. The molecule has 4 aromatic rings. The van der Waals surface area contributed by atoms with Crippen molar-refractivity contribution in [3.05, 3.63) is 118 Å². The van der Waals surface area contributed by atoms with Crippen molar-refractivity contribution in [2.75, 3.05) is 20.8 Å². The molecule has 0 radical (unpaired) electrons. The lowest BCUT2D eigenvalue weighted by Crippen LogP contribution is -2.30. The van der Waals surface area contributed by atoms with Gasteiger partial charge in [0.2, 0.25) is 10.0 Å². The van der Waals surface area contributed by atoms with Crippen LogP contribution in [0, 0.1) is 25.2 Å². The Morgan fingerprint density at radius 1 is 0.886 bits per heavy atom. The molecule has 44 heavy (non-hydrogen) atoms. The summed E-state index contributed by atoms with van der Waals surface area (Å²) in [4.78, 5) is 12.9. The largest absolute Gasteiger partial charge is 0.493 e. The monoisotopic (exact) mass is 613 g/mol. The van der Waals surface area contributed by atoms with Crippen molar-refractivity contribution < 1.29 is 27.1 Å². The number of benzene rings is 3. The van der Waals surface area contributed by atoms with Crippen LogP contribution in [0.4, 0.5) is 0 Å². The van der Waals surface area contributed by atoms with Gasteiger partial charge in [0.15, 0.2) is 11.5 Å². The maximum absolute atomic E-state index is 13.7. The molecule has 1 N–H and O–H groups in total. The molecule has 0 atom stereocenters. The first-order valence-electron chi connectivity index (χ1n) is 13.9. The number of hydrogen-bond acceptors (Lipinski definition) is 7. The molecular weight excluding hydrogens is 578 g/mol. The molecule has 1 amide bonds. The van der Waals surface area contributed by atoms with Gasteiger partial charge in [0, 0.05) is 19.2 Å². The zero-order chi connectivity index (χ0) is 31.7. The zero-order valence-corrected chi connectivity index (χ0v) is 26.0. The summed E-state index contributed by atoms with van der Waals surface area (Å²) >= 11 is 0. The van der Waals surface area contributed by atoms with E-state index < -0.39 is 15.9 Å². The molecule has 10 heteroatoms. The van der Waals surface area contributed by atoms with Gasteiger partial charge < -0.3 is 19.2 Å². The number of sulfonamides is 1. The van der Waals surface area contributed by atoms with Gasteiger partial charge >= 0.3 is 0 Å². The highest BCUT2D eigenvalue weighted by Crippen LogP contribution is 2.28. The standard InChI is InChI=1S/C34H35N3O6S/c1-24-5-9-27(10-6-24)22-37(44(39,40)31-14-7-25(2)8-15-31)23-30-13-12-29(43-30)20-28(21-35)34(38)36-18-17-26-11-16-32(41-3)33(19-26)42-4/h5-16,19-20H,17-18,22-23H2,1-4H3,(H,36,38)/b28-20+. The van der Waals surface area contributed by atoms with Gasteiger partial charge in [-0.3, -0.25) is 4.79 Å². The van der Waals surface area contributed by atoms with Crippen LogP contribution in [0.5, 0.6) is 11.5 Å². The summed E-state index contributed by atoms with van der Waals surface area (Å²) in [5.41, 5.74) is 3.64. The van der Waals surface area contributed by atoms with Crippen molar-refractivity contribution in [2.45, 2.75) is 38.3 Å². The van der Waals surface area contributed by atoms with E-state index in [1.54, 1.807) is 56.7 Å². The molecule has 0 aliphatic carbocycles. The highest BCUT2D eigenvalue weighted by molar-refractivity contribution is 7.89. The summed E-state index contributed by atoms with van der Waals surface area (Å²) in [6, 6.07) is 25.0. The van der Waals surface area contributed by atoms with E-state index in [0.29, 0.717) is 30.2 Å². The molecule has 0 saturated carbocycles. The van der Waals surface area contributed by atoms with Gasteiger partial charge in [-0.25, -0.2) is 8.42 Å². The van der Waals surface area contributed by atoms with Crippen LogP contribution in [0.25, 0.3) is 6.08 Å². The minimum absolute atomic E-state index is 0.0443. The van der Waals surface area contributed by atoms with Crippen molar-refractivity contribution in [2.24, 2.45) is 0 Å². The van der Waals surface area contributed by atoms with Gasteiger partial charge in [0.25, 0.3) is 5.91 Å². The average Bonchev–Trinajstić information content (AvgIpc) is 3.47. The van der Waals surface area contributed by atoms with Crippen LogP contribution in [0.1, 0.15) is 33.8 Å². The molecule has 0 aliphatic heterocycles. The highest BCUT2D eigenvalue weighted by atomic mass is 32.2. The fourth-order valence-electron chi connectivity index (χ4n) is 4.46. The van der Waals surface area contributed by atoms with Crippen LogP contribution in [0.2, 0.25) is 0 Å². The van der Waals surface area contributed by atoms with Crippen LogP contribution in [0.3, 0.4) is 0 Å². The molecule has 4 rings (SSSR count). The molecule has 0 unspecified atom stereocenters. The second kappa shape index (κ2) is 14.6. The first-order chi connectivity index (χ1) is 21.1. The van der Waals surface area contributed by atoms with E-state index in [4.69, 9.17) is 13.9 Å². The van der Waals surface area contributed by atoms with E-state index in [2.05, 4.69) is 5.32 Å². The average molecular weight is 614 g/mol. The van der Waals surface area contributed by atoms with E-state index in [1.807, 2.05) is 56.3 Å². The number of nitriles is 1. The molecular formula is C34H35N3O6S. The number of hydrogen-bond donors (Lipinski definition) is 1. The Morgan fingerprint density at radius 3 is 2.16 bits per heavy atom. The smallest absolute Gasteiger partial charge is 0.262 e. The first-order valence-corrected chi connectivity index (χ1v) is 15.4. The van der Waals surface area contributed by atoms with Crippen molar-refractivity contribution in [1.82, 2.24) is 9.62 Å². The highest BCUT2D eigenvalue weighted by Gasteiger charge is 2.26. The van der Waals surface area contributed by atoms with Crippen molar-refractivity contribution in [3.8, 4) is 17.6 Å². The topological polar surface area (TPSA) is 122 Å². The lowest BCUT2D eigenvalue weighted by atomic mass is 10.1. The van der Waals surface area contributed by atoms with E-state index in [0.717, 1.165) is 22.3 Å². The van der Waals surface area contributed by atoms with Gasteiger partial charge in [-0.1, -0.05) is 53.6 Å². The number of nitrogens with one attached hydrogen (secondary N) is 1. The SMILES string of the molecule is COc1ccc(CCNC(=O)/C(C#N)=C/c2ccc(CN(Cc3ccc(C)cc3)S(=O)(=O)c3ccc(C)cc3)o2)cc1OC. The summed E-state index contributed by atoms with van der Waals surface area (Å²) < 4.78 is 45.2. The second-order valence-corrected chi connectivity index (χ2v) is 12.2. The number of amides is 1. The minimum atomic E-state index is -3.87. The molecule has 228 valence electrons. The third kappa shape index (κ3) is 8.16. The molecule has 0 saturated heterocycles. The maximum Gasteiger partial charge on any atom is 0.262 e. The molecule has 0 aliphatic rings. The number of furan rings is 1. The Kier molecular flexibility index (Phi) is 10.6. The number of rotatable bonds is 13. The fraction of sp³-hybridized carbons (Fsp3) is 0.235. The van der Waals surface area contributed by atoms with E-state index in [-0.39, 0.29) is 29.3 Å². The molecule has 0 bridgehead atoms. The third-order valence-electron chi connectivity index (χ3n) is 6.95. The molecule has 0 spiro atoms. The molecule has 3 aromatic carbocycles. The van der Waals surface area contributed by atoms with Gasteiger partial charge in [-0.05, 0) is 67.8 Å². The fourth-order valence-corrected chi connectivity index (χ4v) is 5.85. The van der Waals surface area contributed by atoms with E-state index in [9.17, 15) is 18.5 Å². The van der Waals surface area contributed by atoms with E-state index in [1.165, 1.54) is 10.4 Å². The number of carbonyl (C=O) groups is 1. The minimum Gasteiger partial charge on any atom is -0.493 e. The lowest BCUT2D eigenvalue weighted by molar-refractivity contribution is -0.117. The normalized spacial score (nSPS) is 11.7. The van der Waals surface area contributed by atoms with Crippen LogP contribution in [0.15, 0.2) is 93.7 Å². The molecule has 1 aromatic heterocycles.